The first-order valence-electron chi connectivity index (χ1n) is 10.2. The summed E-state index contributed by atoms with van der Waals surface area (Å²) in [7, 11) is 0. The molecule has 2 aliphatic heterocycles. The van der Waals surface area contributed by atoms with Crippen molar-refractivity contribution in [1.82, 2.24) is 15.5 Å². The van der Waals surface area contributed by atoms with Crippen LogP contribution in [0.15, 0.2) is 24.3 Å². The van der Waals surface area contributed by atoms with Gasteiger partial charge in [0.2, 0.25) is 11.8 Å². The second kappa shape index (κ2) is 7.81. The van der Waals surface area contributed by atoms with Crippen molar-refractivity contribution < 1.29 is 19.1 Å². The first-order valence-corrected chi connectivity index (χ1v) is 10.2. The molecule has 1 saturated heterocycles. The molecule has 0 radical (unpaired) electrons. The van der Waals surface area contributed by atoms with Crippen molar-refractivity contribution in [3.8, 4) is 5.75 Å². The Labute approximate surface area is 164 Å². The number of likely N-dealkylation sites (tertiary alicyclic amines) is 1. The van der Waals surface area contributed by atoms with Gasteiger partial charge >= 0.3 is 0 Å². The lowest BCUT2D eigenvalue weighted by Crippen LogP contribution is -2.49. The minimum absolute atomic E-state index is 0.0438. The number of rotatable bonds is 4. The van der Waals surface area contributed by atoms with Crippen molar-refractivity contribution in [2.75, 3.05) is 26.2 Å². The van der Waals surface area contributed by atoms with Crippen LogP contribution in [0.2, 0.25) is 0 Å². The number of nitrogens with zero attached hydrogens (tertiary/aromatic N) is 1. The van der Waals surface area contributed by atoms with Gasteiger partial charge in [0.1, 0.15) is 11.4 Å². The number of benzene rings is 1. The van der Waals surface area contributed by atoms with Gasteiger partial charge in [-0.25, -0.2) is 0 Å². The standard InChI is InChI=1S/C21H27N3O4/c25-18-6-3-12-24(18)13-11-22-19(26)15-7-9-21(10-8-15)14-23-20(27)16-4-1-2-5-17(16)28-21/h1-2,4-5,15H,3,6-14H2,(H,22,26)(H,23,27). The first kappa shape index (κ1) is 18.8. The van der Waals surface area contributed by atoms with Crippen molar-refractivity contribution in [3.63, 3.8) is 0 Å². The normalized spacial score (nSPS) is 27.0. The Hall–Kier alpha value is -2.57. The molecule has 1 aromatic rings. The maximum atomic E-state index is 12.5. The molecule has 0 aromatic heterocycles. The quantitative estimate of drug-likeness (QED) is 0.822. The molecule has 2 fully saturated rings. The Bertz CT molecular complexity index is 771. The van der Waals surface area contributed by atoms with Crippen molar-refractivity contribution in [2.24, 2.45) is 5.92 Å². The van der Waals surface area contributed by atoms with Gasteiger partial charge < -0.3 is 20.3 Å². The fourth-order valence-corrected chi connectivity index (χ4v) is 4.43. The van der Waals surface area contributed by atoms with Gasteiger partial charge in [0.05, 0.1) is 12.1 Å². The Morgan fingerprint density at radius 1 is 1.25 bits per heavy atom. The summed E-state index contributed by atoms with van der Waals surface area (Å²) < 4.78 is 6.29. The van der Waals surface area contributed by atoms with Crippen LogP contribution in [-0.4, -0.2) is 54.4 Å². The lowest BCUT2D eigenvalue weighted by Gasteiger charge is -2.39. The van der Waals surface area contributed by atoms with Crippen LogP contribution in [0.1, 0.15) is 48.9 Å². The summed E-state index contributed by atoms with van der Waals surface area (Å²) in [6, 6.07) is 7.31. The number of fused-ring (bicyclic) bond motifs is 1. The van der Waals surface area contributed by atoms with Gasteiger partial charge in [0.25, 0.3) is 5.91 Å². The topological polar surface area (TPSA) is 87.7 Å². The number of nitrogens with one attached hydrogen (secondary N) is 2. The molecule has 150 valence electrons. The van der Waals surface area contributed by atoms with Crippen molar-refractivity contribution in [3.05, 3.63) is 29.8 Å². The molecule has 28 heavy (non-hydrogen) atoms. The van der Waals surface area contributed by atoms with Gasteiger partial charge in [-0.15, -0.1) is 0 Å². The van der Waals surface area contributed by atoms with E-state index in [-0.39, 0.29) is 23.6 Å². The molecular weight excluding hydrogens is 358 g/mol. The number of para-hydroxylation sites is 1. The molecule has 0 unspecified atom stereocenters. The highest BCUT2D eigenvalue weighted by atomic mass is 16.5. The molecule has 1 aromatic carbocycles. The van der Waals surface area contributed by atoms with Crippen LogP contribution in [0.4, 0.5) is 0 Å². The second-order valence-electron chi connectivity index (χ2n) is 8.01. The van der Waals surface area contributed by atoms with E-state index in [4.69, 9.17) is 4.74 Å². The summed E-state index contributed by atoms with van der Waals surface area (Å²) in [6.45, 7) is 2.36. The predicted molar refractivity (Wildman–Crippen MR) is 103 cm³/mol. The van der Waals surface area contributed by atoms with Crippen LogP contribution >= 0.6 is 0 Å². The minimum Gasteiger partial charge on any atom is -0.485 e. The summed E-state index contributed by atoms with van der Waals surface area (Å²) in [5.41, 5.74) is 0.122. The zero-order chi connectivity index (χ0) is 19.6. The third-order valence-electron chi connectivity index (χ3n) is 6.15. The molecule has 0 bridgehead atoms. The average molecular weight is 385 g/mol. The van der Waals surface area contributed by atoms with Crippen molar-refractivity contribution in [2.45, 2.75) is 44.1 Å². The van der Waals surface area contributed by atoms with Crippen LogP contribution in [0.5, 0.6) is 5.75 Å². The lowest BCUT2D eigenvalue weighted by atomic mass is 9.78. The van der Waals surface area contributed by atoms with Gasteiger partial charge in [0, 0.05) is 32.0 Å². The molecular formula is C21H27N3O4. The molecule has 2 heterocycles. The van der Waals surface area contributed by atoms with E-state index in [2.05, 4.69) is 10.6 Å². The van der Waals surface area contributed by atoms with Crippen LogP contribution in [-0.2, 0) is 9.59 Å². The highest BCUT2D eigenvalue weighted by Crippen LogP contribution is 2.38. The summed E-state index contributed by atoms with van der Waals surface area (Å²) in [5.74, 6) is 0.707. The number of carbonyl (C=O) groups excluding carboxylic acids is 3. The number of hydrogen-bond acceptors (Lipinski definition) is 4. The van der Waals surface area contributed by atoms with E-state index < -0.39 is 5.60 Å². The number of hydrogen-bond donors (Lipinski definition) is 2. The van der Waals surface area contributed by atoms with E-state index >= 15 is 0 Å². The van der Waals surface area contributed by atoms with Gasteiger partial charge in [-0.3, -0.25) is 14.4 Å². The zero-order valence-corrected chi connectivity index (χ0v) is 16.0. The lowest BCUT2D eigenvalue weighted by molar-refractivity contribution is -0.130. The highest BCUT2D eigenvalue weighted by Gasteiger charge is 2.41. The van der Waals surface area contributed by atoms with Crippen molar-refractivity contribution in [1.29, 1.82) is 0 Å². The number of ether oxygens (including phenoxy) is 1. The first-order chi connectivity index (χ1) is 13.6. The van der Waals surface area contributed by atoms with Gasteiger partial charge in [-0.2, -0.15) is 0 Å². The van der Waals surface area contributed by atoms with Crippen LogP contribution in [0.3, 0.4) is 0 Å². The molecule has 0 atom stereocenters. The van der Waals surface area contributed by atoms with Crippen molar-refractivity contribution >= 4 is 17.7 Å². The van der Waals surface area contributed by atoms with Crippen LogP contribution < -0.4 is 15.4 Å². The molecule has 1 saturated carbocycles. The smallest absolute Gasteiger partial charge is 0.255 e. The van der Waals surface area contributed by atoms with E-state index in [1.807, 2.05) is 23.1 Å². The molecule has 4 rings (SSSR count). The fraction of sp³-hybridized carbons (Fsp3) is 0.571. The summed E-state index contributed by atoms with van der Waals surface area (Å²) >= 11 is 0. The molecule has 7 heteroatoms. The van der Waals surface area contributed by atoms with E-state index in [1.54, 1.807) is 6.07 Å². The zero-order valence-electron chi connectivity index (χ0n) is 16.0. The van der Waals surface area contributed by atoms with Gasteiger partial charge in [-0.1, -0.05) is 12.1 Å². The minimum atomic E-state index is -0.443. The Morgan fingerprint density at radius 3 is 2.79 bits per heavy atom. The van der Waals surface area contributed by atoms with Crippen LogP contribution in [0.25, 0.3) is 0 Å². The Kier molecular flexibility index (Phi) is 5.24. The molecule has 1 aliphatic carbocycles. The van der Waals surface area contributed by atoms with E-state index in [9.17, 15) is 14.4 Å². The molecule has 1 spiro atoms. The molecule has 2 N–H and O–H groups in total. The maximum Gasteiger partial charge on any atom is 0.255 e. The third kappa shape index (κ3) is 3.84. The monoisotopic (exact) mass is 385 g/mol. The van der Waals surface area contributed by atoms with E-state index in [0.717, 1.165) is 38.6 Å². The Balaban J connectivity index is 1.30. The predicted octanol–water partition coefficient (Wildman–Crippen LogP) is 1.48. The number of carbonyl (C=O) groups is 3. The average Bonchev–Trinajstić information content (AvgIpc) is 3.06. The number of amides is 3. The summed E-state index contributed by atoms with van der Waals surface area (Å²) in [5, 5.41) is 5.96. The maximum absolute atomic E-state index is 12.5. The molecule has 3 amide bonds. The van der Waals surface area contributed by atoms with Gasteiger partial charge in [0.15, 0.2) is 0 Å². The SMILES string of the molecule is O=C1NCC2(CCC(C(=O)NCCN3CCCC3=O)CC2)Oc2ccccc21. The molecule has 3 aliphatic rings. The molecule has 7 nitrogen and oxygen atoms in total. The van der Waals surface area contributed by atoms with Crippen LogP contribution in [0, 0.1) is 5.92 Å². The summed E-state index contributed by atoms with van der Waals surface area (Å²) in [6.07, 6.45) is 4.45. The van der Waals surface area contributed by atoms with E-state index in [1.165, 1.54) is 0 Å². The van der Waals surface area contributed by atoms with E-state index in [0.29, 0.717) is 37.4 Å². The second-order valence-corrected chi connectivity index (χ2v) is 8.01. The largest absolute Gasteiger partial charge is 0.485 e. The highest BCUT2D eigenvalue weighted by molar-refractivity contribution is 5.97. The Morgan fingerprint density at radius 2 is 2.04 bits per heavy atom. The summed E-state index contributed by atoms with van der Waals surface area (Å²) in [4.78, 5) is 38.2. The third-order valence-corrected chi connectivity index (χ3v) is 6.15. The fourth-order valence-electron chi connectivity index (χ4n) is 4.43. The van der Waals surface area contributed by atoms with Gasteiger partial charge in [-0.05, 0) is 44.2 Å².